The second-order valence-corrected chi connectivity index (χ2v) is 20.5. The maximum absolute atomic E-state index is 14.7. The summed E-state index contributed by atoms with van der Waals surface area (Å²) in [6, 6.07) is 33.7. The van der Waals surface area contributed by atoms with Crippen LogP contribution in [0.15, 0.2) is 131 Å². The molecule has 0 spiro atoms. The fraction of sp³-hybridized carbons (Fsp3) is 0.304. The van der Waals surface area contributed by atoms with E-state index in [-0.39, 0.29) is 35.1 Å². The first-order valence-corrected chi connectivity index (χ1v) is 27.2. The van der Waals surface area contributed by atoms with Crippen LogP contribution in [0.4, 0.5) is 21.5 Å². The van der Waals surface area contributed by atoms with Crippen molar-refractivity contribution < 1.29 is 44.8 Å². The molecule has 0 bridgehead atoms. The molecule has 72 heavy (non-hydrogen) atoms. The zero-order valence-electron chi connectivity index (χ0n) is 41.6. The standard InChI is InChI=1S/C56H63FN4O9S2/c1-7-39(8-2)40-20-25-47-53(33-40)70-54-35-43(60(9-3)10-4)22-26-48(54)56(47)49-27-24-46(36-55(49)72(65,66)67)71(63,64)59-31-17-12-11-16-30-58-50-28-23-45(68-6)32-41(50)37-61(38(5)62)51-34-42(57)21-29-52(51)69-44-18-14-13-15-19-44/h13-15,18-29,32-36,58-59H,7-12,16-17,30-31,37H2,1-6H3,(H,65,66,67)/p-1. The Morgan fingerprint density at radius 1 is 0.736 bits per heavy atom. The molecule has 13 nitrogen and oxygen atoms in total. The molecule has 380 valence electrons. The normalized spacial score (nSPS) is 12.1. The van der Waals surface area contributed by atoms with E-state index in [9.17, 15) is 30.6 Å². The van der Waals surface area contributed by atoms with Crippen molar-refractivity contribution in [3.8, 4) is 28.7 Å². The summed E-state index contributed by atoms with van der Waals surface area (Å²) < 4.78 is 102. The third kappa shape index (κ3) is 12.5. The lowest BCUT2D eigenvalue weighted by molar-refractivity contribution is -0.116. The topological polar surface area (TPSA) is 167 Å². The number of nitrogens with one attached hydrogen (secondary N) is 2. The number of unbranched alkanes of at least 4 members (excludes halogenated alkanes) is 3. The lowest BCUT2D eigenvalue weighted by Gasteiger charge is -2.27. The van der Waals surface area contributed by atoms with E-state index >= 15 is 0 Å². The number of carbonyl (C=O) groups excluding carboxylic acids is 1. The molecular formula is C56H62FN4O9S2-. The summed E-state index contributed by atoms with van der Waals surface area (Å²) >= 11 is 0. The number of nitrogens with zero attached hydrogens (tertiary/aromatic N) is 2. The van der Waals surface area contributed by atoms with E-state index < -0.39 is 30.9 Å². The van der Waals surface area contributed by atoms with E-state index in [1.54, 1.807) is 25.3 Å². The van der Waals surface area contributed by atoms with Crippen LogP contribution in [0, 0.1) is 5.82 Å². The third-order valence-corrected chi connectivity index (χ3v) is 15.1. The molecule has 2 N–H and O–H groups in total. The summed E-state index contributed by atoms with van der Waals surface area (Å²) in [7, 11) is -7.88. The number of para-hydroxylation sites is 1. The van der Waals surface area contributed by atoms with Gasteiger partial charge in [0.15, 0.2) is 5.75 Å². The van der Waals surface area contributed by atoms with E-state index in [4.69, 9.17) is 14.2 Å². The van der Waals surface area contributed by atoms with Crippen molar-refractivity contribution in [2.75, 3.05) is 48.4 Å². The Labute approximate surface area is 422 Å². The Kier molecular flexibility index (Phi) is 17.5. The van der Waals surface area contributed by atoms with Gasteiger partial charge in [0.05, 0.1) is 29.1 Å². The number of hydrogen-bond donors (Lipinski definition) is 2. The summed E-state index contributed by atoms with van der Waals surface area (Å²) in [6.07, 6.45) is 4.31. The Hall–Kier alpha value is -6.72. The first kappa shape index (κ1) is 53.1. The second-order valence-electron chi connectivity index (χ2n) is 17.4. The van der Waals surface area contributed by atoms with Gasteiger partial charge >= 0.3 is 0 Å². The number of ether oxygens (including phenoxy) is 3. The molecule has 16 heteroatoms. The highest BCUT2D eigenvalue weighted by molar-refractivity contribution is 7.89. The van der Waals surface area contributed by atoms with E-state index in [0.717, 1.165) is 67.0 Å². The summed E-state index contributed by atoms with van der Waals surface area (Å²) in [5.74, 6) is 1.57. The highest BCUT2D eigenvalue weighted by atomic mass is 32.2. The summed E-state index contributed by atoms with van der Waals surface area (Å²) in [5.41, 5.74) is 4.98. The molecule has 1 heterocycles. The van der Waals surface area contributed by atoms with Gasteiger partial charge in [-0.2, -0.15) is 0 Å². The Morgan fingerprint density at radius 2 is 1.46 bits per heavy atom. The number of benzene rings is 6. The Morgan fingerprint density at radius 3 is 2.14 bits per heavy atom. The maximum atomic E-state index is 14.7. The first-order chi connectivity index (χ1) is 34.6. The van der Waals surface area contributed by atoms with E-state index in [1.807, 2.05) is 66.7 Å². The van der Waals surface area contributed by atoms with Crippen molar-refractivity contribution in [2.24, 2.45) is 0 Å². The molecular weight excluding hydrogens is 956 g/mol. The predicted molar refractivity (Wildman–Crippen MR) is 281 cm³/mol. The molecule has 0 saturated heterocycles. The minimum atomic E-state index is -5.20. The molecule has 1 aliphatic heterocycles. The van der Waals surface area contributed by atoms with Gasteiger partial charge in [0.1, 0.15) is 38.9 Å². The maximum Gasteiger partial charge on any atom is 0.240 e. The molecule has 0 saturated carbocycles. The number of hydrogen-bond acceptors (Lipinski definition) is 11. The van der Waals surface area contributed by atoms with E-state index in [0.29, 0.717) is 64.5 Å². The number of rotatable bonds is 23. The lowest BCUT2D eigenvalue weighted by atomic mass is 9.92. The monoisotopic (exact) mass is 1020 g/mol. The quantitative estimate of drug-likeness (QED) is 0.0463. The van der Waals surface area contributed by atoms with Crippen molar-refractivity contribution in [2.45, 2.75) is 89.5 Å². The van der Waals surface area contributed by atoms with Gasteiger partial charge in [0.2, 0.25) is 15.9 Å². The van der Waals surface area contributed by atoms with Crippen LogP contribution in [0.1, 0.15) is 89.8 Å². The van der Waals surface area contributed by atoms with Gasteiger partial charge in [0, 0.05) is 78.5 Å². The van der Waals surface area contributed by atoms with Crippen LogP contribution >= 0.6 is 0 Å². The molecule has 1 amide bonds. The van der Waals surface area contributed by atoms with Crippen LogP contribution in [0.25, 0.3) is 11.1 Å². The summed E-state index contributed by atoms with van der Waals surface area (Å²) in [4.78, 5) is 15.8. The highest BCUT2D eigenvalue weighted by Gasteiger charge is 2.27. The number of carbonyl (C=O) groups is 1. The molecule has 0 atom stereocenters. The smallest absolute Gasteiger partial charge is 0.240 e. The molecule has 1 aliphatic rings. The van der Waals surface area contributed by atoms with Gasteiger partial charge < -0.3 is 33.9 Å². The molecule has 0 aromatic heterocycles. The fourth-order valence-corrected chi connectivity index (χ4v) is 10.9. The second kappa shape index (κ2) is 23.7. The Balaban J connectivity index is 1.03. The molecule has 6 aromatic rings. The molecule has 7 rings (SSSR count). The predicted octanol–water partition coefficient (Wildman–Crippen LogP) is 10.2. The highest BCUT2D eigenvalue weighted by Crippen LogP contribution is 2.41. The van der Waals surface area contributed by atoms with Gasteiger partial charge in [0.25, 0.3) is 0 Å². The average Bonchev–Trinajstić information content (AvgIpc) is 3.37. The van der Waals surface area contributed by atoms with Gasteiger partial charge in [-0.15, -0.1) is 0 Å². The van der Waals surface area contributed by atoms with Crippen LogP contribution < -0.4 is 44.5 Å². The molecule has 0 fully saturated rings. The summed E-state index contributed by atoms with van der Waals surface area (Å²) in [5, 5.41) is 5.02. The molecule has 0 radical (unpaired) electrons. The number of sulfonamides is 1. The Bertz CT molecular complexity index is 3270. The number of amides is 1. The van der Waals surface area contributed by atoms with Gasteiger partial charge in [-0.3, -0.25) is 4.79 Å². The minimum Gasteiger partial charge on any atom is -0.744 e. The van der Waals surface area contributed by atoms with Crippen molar-refractivity contribution >= 4 is 54.3 Å². The number of halogens is 1. The van der Waals surface area contributed by atoms with Crippen molar-refractivity contribution in [1.82, 2.24) is 4.72 Å². The zero-order chi connectivity index (χ0) is 51.6. The van der Waals surface area contributed by atoms with Crippen LogP contribution in [-0.2, 0) is 31.5 Å². The lowest BCUT2D eigenvalue weighted by Crippen LogP contribution is -2.29. The summed E-state index contributed by atoms with van der Waals surface area (Å²) in [6.45, 7) is 11.9. The number of fused-ring (bicyclic) bond motifs is 2. The fourth-order valence-electron chi connectivity index (χ4n) is 8.97. The van der Waals surface area contributed by atoms with Crippen molar-refractivity contribution in [3.05, 3.63) is 154 Å². The van der Waals surface area contributed by atoms with Crippen LogP contribution in [0.3, 0.4) is 0 Å². The average molecular weight is 1020 g/mol. The van der Waals surface area contributed by atoms with E-state index in [1.165, 1.54) is 47.7 Å². The largest absolute Gasteiger partial charge is 0.744 e. The first-order valence-electron chi connectivity index (χ1n) is 24.3. The molecule has 0 unspecified atom stereocenters. The van der Waals surface area contributed by atoms with Crippen LogP contribution in [-0.4, -0.2) is 60.6 Å². The van der Waals surface area contributed by atoms with Gasteiger partial charge in [-0.1, -0.05) is 62.6 Å². The van der Waals surface area contributed by atoms with Crippen LogP contribution in [0.5, 0.6) is 28.7 Å². The number of methoxy groups -OCH3 is 1. The van der Waals surface area contributed by atoms with Gasteiger partial charge in [-0.05, 0) is 129 Å². The zero-order valence-corrected chi connectivity index (χ0v) is 43.2. The van der Waals surface area contributed by atoms with Gasteiger partial charge in [-0.25, -0.2) is 25.9 Å². The van der Waals surface area contributed by atoms with E-state index in [2.05, 4.69) is 42.6 Å². The number of anilines is 3. The van der Waals surface area contributed by atoms with Crippen LogP contribution in [0.2, 0.25) is 0 Å². The third-order valence-electron chi connectivity index (χ3n) is 12.8. The molecule has 0 aliphatic carbocycles. The minimum absolute atomic E-state index is 0.0778. The SMILES string of the molecule is CCC(CC)=c1ccc2c(c1)Oc1cc(N(CC)CC)ccc1C=2c1ccc(S(=O)(=O)NCCCCCCNc2ccc(OC)cc2CN(C(C)=O)c2cc(F)ccc2Oc2ccccc2)cc1S(=O)(=O)[O-]. The molecule has 6 aromatic carbocycles. The van der Waals surface area contributed by atoms with Crippen molar-refractivity contribution in [1.29, 1.82) is 0 Å². The van der Waals surface area contributed by atoms with Crippen molar-refractivity contribution in [3.63, 3.8) is 0 Å².